The first-order valence-corrected chi connectivity index (χ1v) is 7.69. The van der Waals surface area contributed by atoms with E-state index in [0.29, 0.717) is 22.9 Å². The molecule has 4 nitrogen and oxygen atoms in total. The topological polar surface area (TPSA) is 66.4 Å². The van der Waals surface area contributed by atoms with Gasteiger partial charge in [-0.25, -0.2) is 4.79 Å². The third-order valence-corrected chi connectivity index (χ3v) is 5.22. The molecular weight excluding hydrogens is 313 g/mol. The maximum absolute atomic E-state index is 12.2. The number of amides is 1. The molecule has 2 atom stereocenters. The molecule has 6 heteroatoms. The fourth-order valence-electron chi connectivity index (χ4n) is 2.85. The van der Waals surface area contributed by atoms with Crippen LogP contribution in [-0.4, -0.2) is 22.5 Å². The van der Waals surface area contributed by atoms with Crippen molar-refractivity contribution in [3.8, 4) is 0 Å². The smallest absolute Gasteiger partial charge is 0.329 e. The first-order chi connectivity index (χ1) is 9.93. The molecule has 0 aromatic heterocycles. The summed E-state index contributed by atoms with van der Waals surface area (Å²) in [6.45, 7) is 0. The molecule has 2 N–H and O–H groups in total. The van der Waals surface area contributed by atoms with E-state index < -0.39 is 11.5 Å². The molecule has 2 unspecified atom stereocenters. The van der Waals surface area contributed by atoms with Gasteiger partial charge in [-0.05, 0) is 49.3 Å². The van der Waals surface area contributed by atoms with Crippen molar-refractivity contribution < 1.29 is 14.7 Å². The molecule has 1 aromatic rings. The Morgan fingerprint density at radius 2 is 1.95 bits per heavy atom. The van der Waals surface area contributed by atoms with E-state index in [2.05, 4.69) is 5.32 Å². The minimum absolute atomic E-state index is 0.102. The van der Waals surface area contributed by atoms with Gasteiger partial charge < -0.3 is 10.4 Å². The third kappa shape index (κ3) is 2.62. The highest BCUT2D eigenvalue weighted by molar-refractivity contribution is 6.42. The molecule has 21 heavy (non-hydrogen) atoms. The van der Waals surface area contributed by atoms with Gasteiger partial charge in [0.05, 0.1) is 10.0 Å². The molecular formula is C15H15Cl2NO3. The average molecular weight is 328 g/mol. The van der Waals surface area contributed by atoms with Gasteiger partial charge in [0.1, 0.15) is 5.54 Å². The van der Waals surface area contributed by atoms with Gasteiger partial charge in [0, 0.05) is 5.92 Å². The van der Waals surface area contributed by atoms with Crippen LogP contribution in [0.4, 0.5) is 0 Å². The Labute approximate surface area is 132 Å². The summed E-state index contributed by atoms with van der Waals surface area (Å²) >= 11 is 11.9. The van der Waals surface area contributed by atoms with Crippen molar-refractivity contribution in [2.24, 2.45) is 5.92 Å². The number of carboxylic acids is 1. The van der Waals surface area contributed by atoms with Crippen molar-refractivity contribution in [2.75, 3.05) is 0 Å². The van der Waals surface area contributed by atoms with E-state index in [-0.39, 0.29) is 17.7 Å². The number of nitrogens with one attached hydrogen (secondary N) is 1. The van der Waals surface area contributed by atoms with Crippen molar-refractivity contribution in [1.29, 1.82) is 0 Å². The lowest BCUT2D eigenvalue weighted by Gasteiger charge is -2.38. The van der Waals surface area contributed by atoms with Gasteiger partial charge in [0.25, 0.3) is 0 Å². The van der Waals surface area contributed by atoms with E-state index >= 15 is 0 Å². The summed E-state index contributed by atoms with van der Waals surface area (Å²) in [5.74, 6) is -1.17. The fraction of sp³-hybridized carbons (Fsp3) is 0.467. The van der Waals surface area contributed by atoms with Gasteiger partial charge in [-0.1, -0.05) is 29.3 Å². The molecule has 0 aliphatic heterocycles. The summed E-state index contributed by atoms with van der Waals surface area (Å²) in [6.07, 6.45) is 2.59. The molecule has 2 saturated carbocycles. The molecule has 2 aliphatic rings. The second-order valence-electron chi connectivity index (χ2n) is 5.85. The lowest BCUT2D eigenvalue weighted by molar-refractivity contribution is -0.152. The summed E-state index contributed by atoms with van der Waals surface area (Å²) < 4.78 is 0. The number of carbonyl (C=O) groups excluding carboxylic acids is 1. The van der Waals surface area contributed by atoms with Crippen LogP contribution in [0.2, 0.25) is 10.0 Å². The molecule has 2 aliphatic carbocycles. The average Bonchev–Trinajstić information content (AvgIpc) is 3.16. The summed E-state index contributed by atoms with van der Waals surface area (Å²) in [6, 6.07) is 5.36. The zero-order chi connectivity index (χ0) is 15.2. The van der Waals surface area contributed by atoms with Crippen molar-refractivity contribution >= 4 is 35.1 Å². The van der Waals surface area contributed by atoms with Crippen molar-refractivity contribution in [2.45, 2.75) is 37.1 Å². The van der Waals surface area contributed by atoms with Crippen molar-refractivity contribution in [3.63, 3.8) is 0 Å². The Balaban J connectivity index is 1.66. The maximum Gasteiger partial charge on any atom is 0.329 e. The van der Waals surface area contributed by atoms with Crippen LogP contribution in [0, 0.1) is 5.92 Å². The first kappa shape index (κ1) is 14.7. The lowest BCUT2D eigenvalue weighted by atomic mass is 9.76. The van der Waals surface area contributed by atoms with E-state index in [1.807, 2.05) is 6.07 Å². The van der Waals surface area contributed by atoms with Crippen LogP contribution in [0.1, 0.15) is 37.2 Å². The number of hydrogen-bond donors (Lipinski definition) is 2. The van der Waals surface area contributed by atoms with Gasteiger partial charge in [-0.2, -0.15) is 0 Å². The normalized spacial score (nSPS) is 25.8. The van der Waals surface area contributed by atoms with Gasteiger partial charge >= 0.3 is 5.97 Å². The minimum Gasteiger partial charge on any atom is -0.480 e. The Kier molecular flexibility index (Phi) is 3.62. The van der Waals surface area contributed by atoms with Crippen LogP contribution >= 0.6 is 23.2 Å². The van der Waals surface area contributed by atoms with Gasteiger partial charge in [0.2, 0.25) is 5.91 Å². The van der Waals surface area contributed by atoms with Crippen LogP contribution in [0.15, 0.2) is 18.2 Å². The van der Waals surface area contributed by atoms with Gasteiger partial charge in [-0.15, -0.1) is 0 Å². The molecule has 0 heterocycles. The Morgan fingerprint density at radius 1 is 1.24 bits per heavy atom. The van der Waals surface area contributed by atoms with E-state index in [9.17, 15) is 14.7 Å². The summed E-state index contributed by atoms with van der Waals surface area (Å²) in [5.41, 5.74) is -0.0652. The Bertz CT molecular complexity index is 613. The van der Waals surface area contributed by atoms with E-state index in [1.165, 1.54) is 0 Å². The standard InChI is InChI=1S/C15H15Cl2NO3/c16-11-3-2-8(6-12(11)17)9-7-10(9)13(19)18-15(14(20)21)4-1-5-15/h2-3,6,9-10H,1,4-5,7H2,(H,18,19)(H,20,21). The van der Waals surface area contributed by atoms with Crippen molar-refractivity contribution in [3.05, 3.63) is 33.8 Å². The van der Waals surface area contributed by atoms with E-state index in [1.54, 1.807) is 12.1 Å². The fourth-order valence-corrected chi connectivity index (χ4v) is 3.15. The van der Waals surface area contributed by atoms with Crippen LogP contribution in [0.25, 0.3) is 0 Å². The SMILES string of the molecule is O=C(NC1(C(=O)O)CCC1)C1CC1c1ccc(Cl)c(Cl)c1. The number of aliphatic carboxylic acids is 1. The zero-order valence-electron chi connectivity index (χ0n) is 11.2. The quantitative estimate of drug-likeness (QED) is 0.892. The van der Waals surface area contributed by atoms with Gasteiger partial charge in [0.15, 0.2) is 0 Å². The number of carboxylic acid groups (broad SMARTS) is 1. The van der Waals surface area contributed by atoms with Crippen LogP contribution in [0.3, 0.4) is 0 Å². The Hall–Kier alpha value is -1.26. The number of halogens is 2. The molecule has 0 spiro atoms. The first-order valence-electron chi connectivity index (χ1n) is 6.93. The molecule has 0 radical (unpaired) electrons. The van der Waals surface area contributed by atoms with Crippen molar-refractivity contribution in [1.82, 2.24) is 5.32 Å². The zero-order valence-corrected chi connectivity index (χ0v) is 12.7. The number of rotatable bonds is 4. The molecule has 0 saturated heterocycles. The molecule has 3 rings (SSSR count). The largest absolute Gasteiger partial charge is 0.480 e. The maximum atomic E-state index is 12.2. The molecule has 2 fully saturated rings. The third-order valence-electron chi connectivity index (χ3n) is 4.48. The van der Waals surface area contributed by atoms with Crippen LogP contribution in [-0.2, 0) is 9.59 Å². The summed E-state index contributed by atoms with van der Waals surface area (Å²) in [5, 5.41) is 12.9. The minimum atomic E-state index is -1.04. The summed E-state index contributed by atoms with van der Waals surface area (Å²) in [7, 11) is 0. The highest BCUT2D eigenvalue weighted by Crippen LogP contribution is 2.49. The van der Waals surface area contributed by atoms with Gasteiger partial charge in [-0.3, -0.25) is 4.79 Å². The lowest BCUT2D eigenvalue weighted by Crippen LogP contribution is -2.59. The predicted molar refractivity (Wildman–Crippen MR) is 79.7 cm³/mol. The van der Waals surface area contributed by atoms with Crippen LogP contribution in [0.5, 0.6) is 0 Å². The highest BCUT2D eigenvalue weighted by Gasteiger charge is 2.50. The molecule has 1 aromatic carbocycles. The monoisotopic (exact) mass is 327 g/mol. The number of hydrogen-bond acceptors (Lipinski definition) is 2. The van der Waals surface area contributed by atoms with E-state index in [0.717, 1.165) is 18.4 Å². The summed E-state index contributed by atoms with van der Waals surface area (Å²) in [4.78, 5) is 23.5. The number of carbonyl (C=O) groups is 2. The second-order valence-corrected chi connectivity index (χ2v) is 6.67. The molecule has 112 valence electrons. The van der Waals surface area contributed by atoms with Crippen LogP contribution < -0.4 is 5.32 Å². The second kappa shape index (κ2) is 5.18. The highest BCUT2D eigenvalue weighted by atomic mass is 35.5. The van der Waals surface area contributed by atoms with E-state index in [4.69, 9.17) is 23.2 Å². The molecule has 0 bridgehead atoms. The Morgan fingerprint density at radius 3 is 2.48 bits per heavy atom. The predicted octanol–water partition coefficient (Wildman–Crippen LogP) is 3.22. The molecule has 1 amide bonds. The number of benzene rings is 1.